The van der Waals surface area contributed by atoms with Crippen molar-refractivity contribution in [1.82, 2.24) is 4.98 Å². The molecule has 0 aliphatic heterocycles. The molecular weight excluding hydrogens is 295 g/mol. The highest BCUT2D eigenvalue weighted by Gasteiger charge is 2.11. The number of benzene rings is 1. The van der Waals surface area contributed by atoms with Crippen molar-refractivity contribution >= 4 is 5.82 Å². The number of likely N-dealkylation sites (N-methyl/N-ethyl adjacent to an activating group) is 1. The third kappa shape index (κ3) is 4.93. The second-order valence-electron chi connectivity index (χ2n) is 5.45. The monoisotopic (exact) mass is 318 g/mol. The van der Waals surface area contributed by atoms with Crippen LogP contribution in [0.3, 0.4) is 0 Å². The molecule has 1 aromatic carbocycles. The second kappa shape index (κ2) is 8.48. The molecule has 0 aliphatic carbocycles. The average molecular weight is 318 g/mol. The van der Waals surface area contributed by atoms with Crippen LogP contribution in [0, 0.1) is 5.82 Å². The SMILES string of the molecule is CCCC(O)c1ccc(OCCN(C)c2ccccn2)c(F)c1. The number of anilines is 1. The lowest BCUT2D eigenvalue weighted by Crippen LogP contribution is -2.24. The lowest BCUT2D eigenvalue weighted by molar-refractivity contribution is 0.166. The van der Waals surface area contributed by atoms with Gasteiger partial charge in [-0.25, -0.2) is 9.37 Å². The van der Waals surface area contributed by atoms with Gasteiger partial charge in [-0.1, -0.05) is 25.5 Å². The highest BCUT2D eigenvalue weighted by molar-refractivity contribution is 5.36. The molecule has 1 heterocycles. The molecule has 0 radical (unpaired) electrons. The van der Waals surface area contributed by atoms with Gasteiger partial charge in [0.1, 0.15) is 12.4 Å². The molecule has 124 valence electrons. The smallest absolute Gasteiger partial charge is 0.165 e. The summed E-state index contributed by atoms with van der Waals surface area (Å²) >= 11 is 0. The summed E-state index contributed by atoms with van der Waals surface area (Å²) in [5.41, 5.74) is 0.585. The van der Waals surface area contributed by atoms with E-state index < -0.39 is 11.9 Å². The Hall–Kier alpha value is -2.14. The van der Waals surface area contributed by atoms with Crippen LogP contribution in [-0.2, 0) is 0 Å². The fourth-order valence-electron chi connectivity index (χ4n) is 2.27. The molecule has 1 atom stereocenters. The molecular formula is C18H23FN2O2. The Morgan fingerprint density at radius 1 is 1.30 bits per heavy atom. The van der Waals surface area contributed by atoms with Crippen LogP contribution in [0.15, 0.2) is 42.6 Å². The summed E-state index contributed by atoms with van der Waals surface area (Å²) < 4.78 is 19.5. The van der Waals surface area contributed by atoms with E-state index >= 15 is 0 Å². The van der Waals surface area contributed by atoms with E-state index in [9.17, 15) is 9.50 Å². The number of nitrogens with zero attached hydrogens (tertiary/aromatic N) is 2. The third-order valence-corrected chi connectivity index (χ3v) is 3.63. The van der Waals surface area contributed by atoms with Gasteiger partial charge in [0.15, 0.2) is 11.6 Å². The molecule has 0 saturated heterocycles. The lowest BCUT2D eigenvalue weighted by Gasteiger charge is -2.18. The zero-order valence-corrected chi connectivity index (χ0v) is 13.6. The van der Waals surface area contributed by atoms with E-state index in [2.05, 4.69) is 4.98 Å². The summed E-state index contributed by atoms with van der Waals surface area (Å²) in [5, 5.41) is 9.89. The van der Waals surface area contributed by atoms with Gasteiger partial charge in [-0.15, -0.1) is 0 Å². The Morgan fingerprint density at radius 2 is 2.13 bits per heavy atom. The highest BCUT2D eigenvalue weighted by Crippen LogP contribution is 2.24. The van der Waals surface area contributed by atoms with Gasteiger partial charge in [-0.2, -0.15) is 0 Å². The number of hydrogen-bond acceptors (Lipinski definition) is 4. The molecule has 0 fully saturated rings. The van der Waals surface area contributed by atoms with Crippen molar-refractivity contribution in [3.8, 4) is 5.75 Å². The van der Waals surface area contributed by atoms with Gasteiger partial charge in [0.05, 0.1) is 12.6 Å². The van der Waals surface area contributed by atoms with E-state index in [0.717, 1.165) is 12.2 Å². The molecule has 0 spiro atoms. The summed E-state index contributed by atoms with van der Waals surface area (Å²) in [4.78, 5) is 6.18. The largest absolute Gasteiger partial charge is 0.489 e. The molecule has 4 nitrogen and oxygen atoms in total. The summed E-state index contributed by atoms with van der Waals surface area (Å²) in [6, 6.07) is 10.3. The van der Waals surface area contributed by atoms with Gasteiger partial charge in [0.2, 0.25) is 0 Å². The van der Waals surface area contributed by atoms with E-state index in [0.29, 0.717) is 25.1 Å². The topological polar surface area (TPSA) is 45.6 Å². The van der Waals surface area contributed by atoms with Crippen LogP contribution >= 0.6 is 0 Å². The van der Waals surface area contributed by atoms with Crippen LogP contribution in [-0.4, -0.2) is 30.3 Å². The Balaban J connectivity index is 1.88. The van der Waals surface area contributed by atoms with Gasteiger partial charge in [-0.05, 0) is 36.2 Å². The second-order valence-corrected chi connectivity index (χ2v) is 5.45. The number of ether oxygens (including phenoxy) is 1. The normalized spacial score (nSPS) is 12.0. The van der Waals surface area contributed by atoms with Crippen LogP contribution in [0.1, 0.15) is 31.4 Å². The molecule has 0 bridgehead atoms. The minimum absolute atomic E-state index is 0.201. The van der Waals surface area contributed by atoms with Crippen molar-refractivity contribution in [2.75, 3.05) is 25.1 Å². The highest BCUT2D eigenvalue weighted by atomic mass is 19.1. The molecule has 5 heteroatoms. The maximum absolute atomic E-state index is 14.0. The third-order valence-electron chi connectivity index (χ3n) is 3.63. The fraction of sp³-hybridized carbons (Fsp3) is 0.389. The molecule has 23 heavy (non-hydrogen) atoms. The fourth-order valence-corrected chi connectivity index (χ4v) is 2.27. The predicted molar refractivity (Wildman–Crippen MR) is 89.3 cm³/mol. The first kappa shape index (κ1) is 17.2. The predicted octanol–water partition coefficient (Wildman–Crippen LogP) is 3.57. The molecule has 1 aromatic heterocycles. The molecule has 2 rings (SSSR count). The number of hydrogen-bond donors (Lipinski definition) is 1. The number of rotatable bonds is 8. The van der Waals surface area contributed by atoms with Crippen molar-refractivity contribution in [2.45, 2.75) is 25.9 Å². The van der Waals surface area contributed by atoms with Crippen molar-refractivity contribution in [2.24, 2.45) is 0 Å². The summed E-state index contributed by atoms with van der Waals surface area (Å²) in [6.45, 7) is 2.92. The van der Waals surface area contributed by atoms with Crippen LogP contribution in [0.25, 0.3) is 0 Å². The van der Waals surface area contributed by atoms with Gasteiger partial charge in [-0.3, -0.25) is 0 Å². The Kier molecular flexibility index (Phi) is 6.35. The van der Waals surface area contributed by atoms with Crippen molar-refractivity contribution < 1.29 is 14.2 Å². The van der Waals surface area contributed by atoms with Gasteiger partial charge in [0, 0.05) is 13.2 Å². The number of aliphatic hydroxyl groups is 1. The summed E-state index contributed by atoms with van der Waals surface area (Å²) in [6.07, 6.45) is 2.57. The van der Waals surface area contributed by atoms with Crippen molar-refractivity contribution in [3.63, 3.8) is 0 Å². The van der Waals surface area contributed by atoms with E-state index in [-0.39, 0.29) is 5.75 Å². The number of halogens is 1. The summed E-state index contributed by atoms with van der Waals surface area (Å²) in [7, 11) is 1.91. The first-order chi connectivity index (χ1) is 11.1. The standard InChI is InChI=1S/C18H23FN2O2/c1-3-6-16(22)14-8-9-17(15(19)13-14)23-12-11-21(2)18-7-4-5-10-20-18/h4-5,7-10,13,16,22H,3,6,11-12H2,1-2H3. The number of aromatic nitrogens is 1. The van der Waals surface area contributed by atoms with E-state index in [1.54, 1.807) is 18.3 Å². The first-order valence-electron chi connectivity index (χ1n) is 7.84. The molecule has 0 amide bonds. The molecule has 2 aromatic rings. The van der Waals surface area contributed by atoms with Crippen LogP contribution in [0.4, 0.5) is 10.2 Å². The average Bonchev–Trinajstić information content (AvgIpc) is 2.57. The van der Waals surface area contributed by atoms with Crippen LogP contribution in [0.2, 0.25) is 0 Å². The Bertz CT molecular complexity index is 607. The lowest BCUT2D eigenvalue weighted by atomic mass is 10.1. The maximum Gasteiger partial charge on any atom is 0.165 e. The maximum atomic E-state index is 14.0. The van der Waals surface area contributed by atoms with Gasteiger partial charge < -0.3 is 14.7 Å². The number of aliphatic hydroxyl groups excluding tert-OH is 1. The Labute approximate surface area is 136 Å². The van der Waals surface area contributed by atoms with Crippen LogP contribution in [0.5, 0.6) is 5.75 Å². The van der Waals surface area contributed by atoms with Crippen molar-refractivity contribution in [3.05, 3.63) is 54.0 Å². The first-order valence-corrected chi connectivity index (χ1v) is 7.84. The molecule has 0 saturated carbocycles. The van der Waals surface area contributed by atoms with Gasteiger partial charge >= 0.3 is 0 Å². The summed E-state index contributed by atoms with van der Waals surface area (Å²) in [5.74, 6) is 0.597. The number of pyridine rings is 1. The molecule has 0 aliphatic rings. The molecule has 1 unspecified atom stereocenters. The minimum Gasteiger partial charge on any atom is -0.489 e. The van der Waals surface area contributed by atoms with E-state index in [4.69, 9.17) is 4.74 Å². The Morgan fingerprint density at radius 3 is 2.78 bits per heavy atom. The molecule has 1 N–H and O–H groups in total. The van der Waals surface area contributed by atoms with Gasteiger partial charge in [0.25, 0.3) is 0 Å². The quantitative estimate of drug-likeness (QED) is 0.808. The minimum atomic E-state index is -0.626. The zero-order valence-electron chi connectivity index (χ0n) is 13.6. The van der Waals surface area contributed by atoms with E-state index in [1.807, 2.05) is 37.1 Å². The van der Waals surface area contributed by atoms with E-state index in [1.165, 1.54) is 6.07 Å². The van der Waals surface area contributed by atoms with Crippen LogP contribution < -0.4 is 9.64 Å². The zero-order chi connectivity index (χ0) is 16.7. The van der Waals surface area contributed by atoms with Crippen molar-refractivity contribution in [1.29, 1.82) is 0 Å².